The number of carbonyl (C=O) groups excluding carboxylic acids is 2. The molecular weight excluding hydrogens is 372 g/mol. The maximum absolute atomic E-state index is 12.3. The smallest absolute Gasteiger partial charge is 0.255 e. The summed E-state index contributed by atoms with van der Waals surface area (Å²) in [4.78, 5) is 25.8. The number of hydrogen-bond donors (Lipinski definition) is 1. The maximum atomic E-state index is 12.3. The normalized spacial score (nSPS) is 10.1. The first-order valence-electron chi connectivity index (χ1n) is 7.48. The van der Waals surface area contributed by atoms with E-state index in [0.717, 1.165) is 10.2 Å². The number of methoxy groups -OCH3 is 1. The van der Waals surface area contributed by atoms with Crippen molar-refractivity contribution in [2.75, 3.05) is 25.1 Å². The number of amides is 2. The Kier molecular flexibility index (Phi) is 6.37. The zero-order valence-corrected chi connectivity index (χ0v) is 15.2. The van der Waals surface area contributed by atoms with E-state index in [-0.39, 0.29) is 11.8 Å². The van der Waals surface area contributed by atoms with Gasteiger partial charge < -0.3 is 15.0 Å². The molecule has 5 nitrogen and oxygen atoms in total. The summed E-state index contributed by atoms with van der Waals surface area (Å²) in [6.07, 6.45) is 0. The summed E-state index contributed by atoms with van der Waals surface area (Å²) in [6.45, 7) is 2.21. The van der Waals surface area contributed by atoms with Gasteiger partial charge in [0.2, 0.25) is 5.91 Å². The first-order valence-corrected chi connectivity index (χ1v) is 8.27. The number of ether oxygens (including phenoxy) is 1. The molecule has 0 aromatic heterocycles. The molecule has 0 radical (unpaired) electrons. The average molecular weight is 391 g/mol. The number of hydrogen-bond acceptors (Lipinski definition) is 3. The number of benzene rings is 2. The minimum absolute atomic E-state index is 0.0894. The average Bonchev–Trinajstić information content (AvgIpc) is 2.59. The van der Waals surface area contributed by atoms with Crippen molar-refractivity contribution >= 4 is 33.4 Å². The molecule has 2 rings (SSSR count). The van der Waals surface area contributed by atoms with Crippen LogP contribution in [-0.2, 0) is 4.79 Å². The minimum Gasteiger partial charge on any atom is -0.496 e. The van der Waals surface area contributed by atoms with E-state index in [9.17, 15) is 9.59 Å². The van der Waals surface area contributed by atoms with Crippen molar-refractivity contribution in [3.63, 3.8) is 0 Å². The molecule has 0 aliphatic rings. The summed E-state index contributed by atoms with van der Waals surface area (Å²) in [5, 5.41) is 2.82. The molecule has 2 amide bonds. The lowest BCUT2D eigenvalue weighted by Crippen LogP contribution is -2.37. The van der Waals surface area contributed by atoms with Gasteiger partial charge in [0, 0.05) is 24.5 Å². The monoisotopic (exact) mass is 390 g/mol. The highest BCUT2D eigenvalue weighted by Crippen LogP contribution is 2.25. The molecule has 2 aromatic rings. The van der Waals surface area contributed by atoms with Crippen molar-refractivity contribution in [1.82, 2.24) is 5.32 Å². The number of rotatable bonds is 6. The van der Waals surface area contributed by atoms with Gasteiger partial charge in [-0.15, -0.1) is 0 Å². The van der Waals surface area contributed by atoms with Crippen molar-refractivity contribution in [2.45, 2.75) is 6.92 Å². The van der Waals surface area contributed by atoms with E-state index in [1.807, 2.05) is 24.3 Å². The van der Waals surface area contributed by atoms with Crippen LogP contribution in [0.25, 0.3) is 0 Å². The van der Waals surface area contributed by atoms with Crippen LogP contribution in [0.4, 0.5) is 5.69 Å². The largest absolute Gasteiger partial charge is 0.496 e. The Balaban J connectivity index is 2.02. The highest BCUT2D eigenvalue weighted by atomic mass is 79.9. The maximum Gasteiger partial charge on any atom is 0.255 e. The lowest BCUT2D eigenvalue weighted by Gasteiger charge is -2.22. The molecule has 0 saturated carbocycles. The molecule has 6 heteroatoms. The molecule has 0 atom stereocenters. The van der Waals surface area contributed by atoms with Crippen molar-refractivity contribution in [3.8, 4) is 5.75 Å². The Morgan fingerprint density at radius 1 is 1.12 bits per heavy atom. The molecule has 24 heavy (non-hydrogen) atoms. The van der Waals surface area contributed by atoms with Crippen LogP contribution in [0.15, 0.2) is 53.0 Å². The Morgan fingerprint density at radius 3 is 2.46 bits per heavy atom. The van der Waals surface area contributed by atoms with Gasteiger partial charge in [0.05, 0.1) is 18.4 Å². The Hall–Kier alpha value is -2.34. The second-order valence-corrected chi connectivity index (χ2v) is 5.93. The fourth-order valence-corrected chi connectivity index (χ4v) is 2.83. The summed E-state index contributed by atoms with van der Waals surface area (Å²) in [5.74, 6) is 0.195. The van der Waals surface area contributed by atoms with E-state index in [0.29, 0.717) is 24.4 Å². The molecule has 0 unspecified atom stereocenters. The molecule has 1 N–H and O–H groups in total. The molecule has 0 spiro atoms. The Labute approximate surface area is 149 Å². The fourth-order valence-electron chi connectivity index (χ4n) is 2.33. The van der Waals surface area contributed by atoms with Crippen molar-refractivity contribution in [1.29, 1.82) is 0 Å². The molecule has 0 fully saturated rings. The second-order valence-electron chi connectivity index (χ2n) is 5.08. The topological polar surface area (TPSA) is 58.6 Å². The number of nitrogens with zero attached hydrogens (tertiary/aromatic N) is 1. The SMILES string of the molecule is COc1ccccc1C(=O)NCCN(C(C)=O)c1ccccc1Br. The second kappa shape index (κ2) is 8.49. The van der Waals surface area contributed by atoms with Gasteiger partial charge in [-0.2, -0.15) is 0 Å². The Morgan fingerprint density at radius 2 is 1.79 bits per heavy atom. The molecule has 0 aliphatic heterocycles. The van der Waals surface area contributed by atoms with Gasteiger partial charge in [-0.25, -0.2) is 0 Å². The predicted molar refractivity (Wildman–Crippen MR) is 97.5 cm³/mol. The third-order valence-corrected chi connectivity index (χ3v) is 4.17. The van der Waals surface area contributed by atoms with Crippen LogP contribution < -0.4 is 15.0 Å². The number of carbonyl (C=O) groups is 2. The van der Waals surface area contributed by atoms with Crippen LogP contribution in [0.2, 0.25) is 0 Å². The lowest BCUT2D eigenvalue weighted by molar-refractivity contribution is -0.116. The number of anilines is 1. The molecule has 0 saturated heterocycles. The zero-order valence-electron chi connectivity index (χ0n) is 13.6. The van der Waals surface area contributed by atoms with Gasteiger partial charge in [0.1, 0.15) is 5.75 Å². The third kappa shape index (κ3) is 4.35. The van der Waals surface area contributed by atoms with Gasteiger partial charge in [0.15, 0.2) is 0 Å². The summed E-state index contributed by atoms with van der Waals surface area (Å²) < 4.78 is 6.02. The Bertz CT molecular complexity index is 734. The summed E-state index contributed by atoms with van der Waals surface area (Å²) in [6, 6.07) is 14.5. The third-order valence-electron chi connectivity index (χ3n) is 3.50. The van der Waals surface area contributed by atoms with E-state index in [4.69, 9.17) is 4.74 Å². The van der Waals surface area contributed by atoms with E-state index in [1.54, 1.807) is 29.2 Å². The van der Waals surface area contributed by atoms with Crippen LogP contribution in [0, 0.1) is 0 Å². The van der Waals surface area contributed by atoms with Gasteiger partial charge >= 0.3 is 0 Å². The molecule has 2 aromatic carbocycles. The fraction of sp³-hybridized carbons (Fsp3) is 0.222. The lowest BCUT2D eigenvalue weighted by atomic mass is 10.2. The molecule has 0 bridgehead atoms. The van der Waals surface area contributed by atoms with Gasteiger partial charge in [-0.05, 0) is 40.2 Å². The summed E-state index contributed by atoms with van der Waals surface area (Å²) in [5.41, 5.74) is 1.24. The first kappa shape index (κ1) is 18.0. The van der Waals surface area contributed by atoms with Gasteiger partial charge in [-0.3, -0.25) is 9.59 Å². The highest BCUT2D eigenvalue weighted by molar-refractivity contribution is 9.10. The molecule has 126 valence electrons. The van der Waals surface area contributed by atoms with Crippen molar-refractivity contribution < 1.29 is 14.3 Å². The number of nitrogens with one attached hydrogen (secondary N) is 1. The van der Waals surface area contributed by atoms with Gasteiger partial charge in [-0.1, -0.05) is 24.3 Å². The number of halogens is 1. The zero-order chi connectivity index (χ0) is 17.5. The van der Waals surface area contributed by atoms with E-state index in [1.165, 1.54) is 14.0 Å². The van der Waals surface area contributed by atoms with Crippen molar-refractivity contribution in [3.05, 3.63) is 58.6 Å². The molecular formula is C18H19BrN2O3. The molecule has 0 aliphatic carbocycles. The number of para-hydroxylation sites is 2. The standard InChI is InChI=1S/C18H19BrN2O3/c1-13(22)21(16-9-5-4-8-15(16)19)12-11-20-18(23)14-7-3-6-10-17(14)24-2/h3-10H,11-12H2,1-2H3,(H,20,23). The minimum atomic E-state index is -0.233. The van der Waals surface area contributed by atoms with Crippen LogP contribution in [0.3, 0.4) is 0 Å². The quantitative estimate of drug-likeness (QED) is 0.823. The van der Waals surface area contributed by atoms with E-state index in [2.05, 4.69) is 21.2 Å². The van der Waals surface area contributed by atoms with E-state index >= 15 is 0 Å². The van der Waals surface area contributed by atoms with Crippen LogP contribution >= 0.6 is 15.9 Å². The first-order chi connectivity index (χ1) is 11.5. The predicted octanol–water partition coefficient (Wildman–Crippen LogP) is 3.24. The summed E-state index contributed by atoms with van der Waals surface area (Å²) >= 11 is 3.44. The van der Waals surface area contributed by atoms with Gasteiger partial charge in [0.25, 0.3) is 5.91 Å². The van der Waals surface area contributed by atoms with E-state index < -0.39 is 0 Å². The van der Waals surface area contributed by atoms with Crippen molar-refractivity contribution in [2.24, 2.45) is 0 Å². The molecule has 0 heterocycles. The highest BCUT2D eigenvalue weighted by Gasteiger charge is 2.15. The van der Waals surface area contributed by atoms with Crippen LogP contribution in [0.5, 0.6) is 5.75 Å². The summed E-state index contributed by atoms with van der Waals surface area (Å²) in [7, 11) is 1.52. The van der Waals surface area contributed by atoms with Crippen LogP contribution in [0.1, 0.15) is 17.3 Å². The van der Waals surface area contributed by atoms with Crippen LogP contribution in [-0.4, -0.2) is 32.0 Å².